The monoisotopic (exact) mass is 410 g/mol. The Morgan fingerprint density at radius 2 is 2.04 bits per heavy atom. The van der Waals surface area contributed by atoms with E-state index in [2.05, 4.69) is 21.0 Å². The van der Waals surface area contributed by atoms with Gasteiger partial charge in [0.1, 0.15) is 0 Å². The van der Waals surface area contributed by atoms with Crippen LogP contribution >= 0.6 is 27.7 Å². The van der Waals surface area contributed by atoms with Crippen LogP contribution in [0.4, 0.5) is 13.2 Å². The fraction of sp³-hybridized carbons (Fsp3) is 0.429. The van der Waals surface area contributed by atoms with Crippen molar-refractivity contribution in [2.45, 2.75) is 31.0 Å². The predicted octanol–water partition coefficient (Wildman–Crippen LogP) is 3.54. The summed E-state index contributed by atoms with van der Waals surface area (Å²) in [5.41, 5.74) is -2.24. The number of carbonyl (C=O) groups excluding carboxylic acids is 1. The molecule has 1 atom stereocenters. The fourth-order valence-electron chi connectivity index (χ4n) is 2.10. The lowest BCUT2D eigenvalue weighted by atomic mass is 10.1. The van der Waals surface area contributed by atoms with Crippen LogP contribution in [0.25, 0.3) is 0 Å². The van der Waals surface area contributed by atoms with E-state index in [0.29, 0.717) is 5.75 Å². The van der Waals surface area contributed by atoms with Crippen LogP contribution in [-0.2, 0) is 10.5 Å². The Hall–Kier alpha value is -1.06. The first-order chi connectivity index (χ1) is 10.6. The number of amides is 1. The average Bonchev–Trinajstić information content (AvgIpc) is 2.77. The lowest BCUT2D eigenvalue weighted by molar-refractivity contribution is -0.301. The zero-order chi connectivity index (χ0) is 17.3. The number of nitrogens with zero attached hydrogens (tertiary/aromatic N) is 2. The maximum Gasteiger partial charge on any atom is 0.438 e. The molecule has 0 spiro atoms. The molecule has 1 aromatic carbocycles. The number of carbonyl (C=O) groups is 1. The number of aliphatic hydroxyl groups is 1. The first kappa shape index (κ1) is 18.3. The van der Waals surface area contributed by atoms with Crippen molar-refractivity contribution >= 4 is 39.3 Å². The molecule has 1 heterocycles. The minimum Gasteiger partial charge on any atom is -0.362 e. The summed E-state index contributed by atoms with van der Waals surface area (Å²) in [6.45, 7) is 1.35. The number of alkyl halides is 3. The second-order valence-corrected chi connectivity index (χ2v) is 7.05. The normalized spacial score (nSPS) is 21.5. The van der Waals surface area contributed by atoms with Crippen LogP contribution in [0.1, 0.15) is 18.9 Å². The molecule has 1 amide bonds. The van der Waals surface area contributed by atoms with Gasteiger partial charge < -0.3 is 5.11 Å². The highest BCUT2D eigenvalue weighted by Gasteiger charge is 2.62. The summed E-state index contributed by atoms with van der Waals surface area (Å²) in [6.07, 6.45) is -5.68. The Morgan fingerprint density at radius 3 is 2.61 bits per heavy atom. The maximum atomic E-state index is 13.0. The number of hydrogen-bond donors (Lipinski definition) is 1. The van der Waals surface area contributed by atoms with Gasteiger partial charge in [0.05, 0.1) is 5.75 Å². The highest BCUT2D eigenvalue weighted by atomic mass is 79.9. The van der Waals surface area contributed by atoms with Crippen LogP contribution in [0.15, 0.2) is 33.8 Å². The molecule has 9 heteroatoms. The van der Waals surface area contributed by atoms with Gasteiger partial charge in [-0.05, 0) is 24.6 Å². The number of hydrogen-bond acceptors (Lipinski definition) is 4. The third-order valence-electron chi connectivity index (χ3n) is 3.22. The van der Waals surface area contributed by atoms with Crippen molar-refractivity contribution in [2.75, 3.05) is 5.75 Å². The molecule has 0 bridgehead atoms. The summed E-state index contributed by atoms with van der Waals surface area (Å²) in [7, 11) is 0. The number of thioether (sulfide) groups is 1. The summed E-state index contributed by atoms with van der Waals surface area (Å²) in [4.78, 5) is 12.0. The van der Waals surface area contributed by atoms with Crippen molar-refractivity contribution < 1.29 is 23.1 Å². The number of benzene rings is 1. The summed E-state index contributed by atoms with van der Waals surface area (Å²) in [5, 5.41) is 13.5. The molecule has 4 nitrogen and oxygen atoms in total. The third kappa shape index (κ3) is 4.07. The first-order valence-electron chi connectivity index (χ1n) is 6.62. The van der Waals surface area contributed by atoms with Crippen molar-refractivity contribution in [3.05, 3.63) is 34.3 Å². The molecule has 0 aromatic heterocycles. The highest BCUT2D eigenvalue weighted by molar-refractivity contribution is 9.10. The van der Waals surface area contributed by atoms with Crippen LogP contribution in [0.2, 0.25) is 0 Å². The second-order valence-electron chi connectivity index (χ2n) is 5.15. The molecular weight excluding hydrogens is 397 g/mol. The average molecular weight is 411 g/mol. The Bertz CT molecular complexity index is 621. The van der Waals surface area contributed by atoms with Gasteiger partial charge >= 0.3 is 6.18 Å². The Kier molecular flexibility index (Phi) is 5.42. The van der Waals surface area contributed by atoms with Gasteiger partial charge in [-0.3, -0.25) is 4.79 Å². The van der Waals surface area contributed by atoms with Crippen LogP contribution in [0.5, 0.6) is 0 Å². The van der Waals surface area contributed by atoms with Gasteiger partial charge in [0.2, 0.25) is 0 Å². The van der Waals surface area contributed by atoms with Gasteiger partial charge in [-0.2, -0.15) is 23.3 Å². The SMILES string of the molecule is CC1=NN(C(=O)CSCc2ccc(Br)cc2)C(O)(C(F)(F)F)C1. The van der Waals surface area contributed by atoms with E-state index in [-0.39, 0.29) is 16.5 Å². The lowest BCUT2D eigenvalue weighted by Gasteiger charge is -2.32. The smallest absolute Gasteiger partial charge is 0.362 e. The standard InChI is InChI=1S/C14H14BrF3N2O2S/c1-9-6-13(22,14(16,17)18)20(19-9)12(21)8-23-7-10-2-4-11(15)5-3-10/h2-5,22H,6-8H2,1H3. The molecule has 126 valence electrons. The molecule has 1 unspecified atom stereocenters. The zero-order valence-corrected chi connectivity index (χ0v) is 14.5. The quantitative estimate of drug-likeness (QED) is 0.825. The maximum absolute atomic E-state index is 13.0. The Labute approximate surface area is 143 Å². The molecule has 0 aliphatic carbocycles. The molecule has 1 N–H and O–H groups in total. The summed E-state index contributed by atoms with van der Waals surface area (Å²) in [6, 6.07) is 7.39. The Balaban J connectivity index is 1.98. The van der Waals surface area contributed by atoms with E-state index in [1.165, 1.54) is 18.7 Å². The molecule has 0 radical (unpaired) electrons. The van der Waals surface area contributed by atoms with Gasteiger partial charge in [-0.15, -0.1) is 11.8 Å². The van der Waals surface area contributed by atoms with Gasteiger partial charge in [0.15, 0.2) is 0 Å². The highest BCUT2D eigenvalue weighted by Crippen LogP contribution is 2.40. The molecule has 1 aromatic rings. The van der Waals surface area contributed by atoms with Crippen LogP contribution in [0.3, 0.4) is 0 Å². The molecule has 1 aliphatic heterocycles. The molecular formula is C14H14BrF3N2O2S. The third-order valence-corrected chi connectivity index (χ3v) is 4.74. The molecule has 2 rings (SSSR count). The van der Waals surface area contributed by atoms with E-state index in [9.17, 15) is 23.1 Å². The molecule has 1 aliphatic rings. The van der Waals surface area contributed by atoms with E-state index in [0.717, 1.165) is 10.0 Å². The lowest BCUT2D eigenvalue weighted by Crippen LogP contribution is -2.57. The van der Waals surface area contributed by atoms with E-state index in [4.69, 9.17) is 0 Å². The van der Waals surface area contributed by atoms with Crippen molar-refractivity contribution in [3.8, 4) is 0 Å². The van der Waals surface area contributed by atoms with Crippen molar-refractivity contribution in [1.29, 1.82) is 0 Å². The molecule has 0 fully saturated rings. The zero-order valence-electron chi connectivity index (χ0n) is 12.1. The summed E-state index contributed by atoms with van der Waals surface area (Å²) >= 11 is 4.47. The largest absolute Gasteiger partial charge is 0.438 e. The predicted molar refractivity (Wildman–Crippen MR) is 85.9 cm³/mol. The summed E-state index contributed by atoms with van der Waals surface area (Å²) in [5.74, 6) is -0.602. The van der Waals surface area contributed by atoms with Gasteiger partial charge in [0, 0.05) is 22.4 Å². The minimum atomic E-state index is -4.96. The van der Waals surface area contributed by atoms with E-state index in [1.54, 1.807) is 0 Å². The van der Waals surface area contributed by atoms with Crippen molar-refractivity contribution in [3.63, 3.8) is 0 Å². The second kappa shape index (κ2) is 6.82. The van der Waals surface area contributed by atoms with Crippen LogP contribution < -0.4 is 0 Å². The van der Waals surface area contributed by atoms with Gasteiger partial charge in [-0.25, -0.2) is 0 Å². The topological polar surface area (TPSA) is 52.9 Å². The number of hydrazone groups is 1. The Morgan fingerprint density at radius 1 is 1.43 bits per heavy atom. The van der Waals surface area contributed by atoms with Gasteiger partial charge in [-0.1, -0.05) is 28.1 Å². The van der Waals surface area contributed by atoms with E-state index in [1.807, 2.05) is 24.3 Å². The molecule has 23 heavy (non-hydrogen) atoms. The van der Waals surface area contributed by atoms with Crippen molar-refractivity contribution in [2.24, 2.45) is 5.10 Å². The van der Waals surface area contributed by atoms with Crippen LogP contribution in [0, 0.1) is 0 Å². The molecule has 0 saturated heterocycles. The summed E-state index contributed by atoms with van der Waals surface area (Å²) < 4.78 is 40.0. The first-order valence-corrected chi connectivity index (χ1v) is 8.57. The van der Waals surface area contributed by atoms with Gasteiger partial charge in [0.25, 0.3) is 11.6 Å². The minimum absolute atomic E-state index is 0.0658. The molecule has 0 saturated carbocycles. The fourth-order valence-corrected chi connectivity index (χ4v) is 3.19. The van der Waals surface area contributed by atoms with Crippen molar-refractivity contribution in [1.82, 2.24) is 5.01 Å². The number of halogens is 4. The van der Waals surface area contributed by atoms with E-state index >= 15 is 0 Å². The van der Waals surface area contributed by atoms with E-state index < -0.39 is 24.2 Å². The van der Waals surface area contributed by atoms with Crippen LogP contribution in [-0.4, -0.2) is 39.4 Å². The number of rotatable bonds is 4.